The average molecular weight is 833 g/mol. The molecule has 13 heteroatoms. The Morgan fingerprint density at radius 3 is 2.29 bits per heavy atom. The highest BCUT2D eigenvalue weighted by Gasteiger charge is 2.41. The van der Waals surface area contributed by atoms with Crippen LogP contribution in [-0.4, -0.2) is 54.8 Å². The van der Waals surface area contributed by atoms with Crippen LogP contribution in [0.5, 0.6) is 0 Å². The van der Waals surface area contributed by atoms with E-state index in [2.05, 4.69) is 33.6 Å². The highest BCUT2D eigenvalue weighted by molar-refractivity contribution is 6.28. The number of halogens is 2. The maximum atomic E-state index is 13.3. The number of hydrogen-bond acceptors (Lipinski definition) is 8. The first-order valence-electron chi connectivity index (χ1n) is 17.0. The van der Waals surface area contributed by atoms with E-state index in [0.717, 1.165) is 29.8 Å². The molecule has 1 aliphatic rings. The molecule has 0 unspecified atom stereocenters. The summed E-state index contributed by atoms with van der Waals surface area (Å²) in [5.74, 6) is 0.592. The Labute approximate surface area is 323 Å². The van der Waals surface area contributed by atoms with Crippen molar-refractivity contribution in [2.24, 2.45) is 0 Å². The number of ether oxygens (including phenoxy) is 3. The lowest BCUT2D eigenvalue weighted by Gasteiger charge is -2.19. The Morgan fingerprint density at radius 2 is 1.62 bits per heavy atom. The van der Waals surface area contributed by atoms with Crippen LogP contribution in [-0.2, 0) is 27.2 Å². The van der Waals surface area contributed by atoms with Crippen LogP contribution in [0.1, 0.15) is 69.2 Å². The van der Waals surface area contributed by atoms with Gasteiger partial charge in [-0.3, -0.25) is 9.13 Å². The zero-order valence-electron chi connectivity index (χ0n) is 29.0. The normalized spacial score (nSPS) is 16.8. The van der Waals surface area contributed by atoms with Gasteiger partial charge >= 0.3 is 23.0 Å². The molecule has 0 aliphatic carbocycles. The second kappa shape index (κ2) is 16.3. The molecular weight excluding hydrogens is 795 g/mol. The third-order valence-corrected chi connectivity index (χ3v) is 9.15. The van der Waals surface area contributed by atoms with Gasteiger partial charge in [0.05, 0.1) is 30.2 Å². The first kappa shape index (κ1) is 37.1. The van der Waals surface area contributed by atoms with E-state index in [1.807, 2.05) is 73.3 Å². The third-order valence-electron chi connectivity index (χ3n) is 8.98. The van der Waals surface area contributed by atoms with Gasteiger partial charge in [-0.05, 0) is 61.7 Å². The second-order valence-electron chi connectivity index (χ2n) is 12.7. The Bertz CT molecular complexity index is 2170. The minimum absolute atomic E-state index is 0. The molecule has 0 bridgehead atoms. The Morgan fingerprint density at radius 1 is 0.942 bits per heavy atom. The summed E-state index contributed by atoms with van der Waals surface area (Å²) in [5, 5.41) is 0.0499. The number of imidazole rings is 2. The number of nitrogens with zero attached hydrogens (tertiary/aromatic N) is 6. The minimum atomic E-state index is -0.759. The molecule has 1 fully saturated rings. The molecule has 3 aromatic heterocycles. The van der Waals surface area contributed by atoms with E-state index in [0.29, 0.717) is 34.7 Å². The molecule has 7 rings (SSSR count). The predicted octanol–water partition coefficient (Wildman–Crippen LogP) is 3.55. The monoisotopic (exact) mass is 832 g/mol. The molecule has 6 aromatic rings. The molecule has 0 N–H and O–H groups in total. The van der Waals surface area contributed by atoms with E-state index < -0.39 is 30.4 Å². The average Bonchev–Trinajstić information content (AvgIpc) is 3.85. The van der Waals surface area contributed by atoms with E-state index >= 15 is 0 Å². The molecule has 1 aliphatic heterocycles. The highest BCUT2D eigenvalue weighted by Crippen LogP contribution is 2.34. The van der Waals surface area contributed by atoms with Crippen molar-refractivity contribution >= 4 is 34.7 Å². The van der Waals surface area contributed by atoms with Crippen LogP contribution in [0.3, 0.4) is 0 Å². The summed E-state index contributed by atoms with van der Waals surface area (Å²) in [7, 11) is 0. The van der Waals surface area contributed by atoms with Crippen molar-refractivity contribution in [3.63, 3.8) is 0 Å². The van der Waals surface area contributed by atoms with Crippen molar-refractivity contribution in [2.75, 3.05) is 6.61 Å². The first-order chi connectivity index (χ1) is 24.8. The van der Waals surface area contributed by atoms with E-state index in [4.69, 9.17) is 30.8 Å². The minimum Gasteiger partial charge on any atom is -1.00 e. The van der Waals surface area contributed by atoms with Crippen molar-refractivity contribution < 1.29 is 52.3 Å². The van der Waals surface area contributed by atoms with Gasteiger partial charge in [-0.15, -0.1) is 0 Å². The van der Waals surface area contributed by atoms with Gasteiger partial charge in [0.2, 0.25) is 5.82 Å². The Hall–Kier alpha value is -4.66. The molecule has 0 amide bonds. The lowest BCUT2D eigenvalue weighted by Crippen LogP contribution is -3.00. The lowest BCUT2D eigenvalue weighted by molar-refractivity contribution is -0.606. The fourth-order valence-corrected chi connectivity index (χ4v) is 6.45. The fourth-order valence-electron chi connectivity index (χ4n) is 6.29. The summed E-state index contributed by atoms with van der Waals surface area (Å²) < 4.78 is 24.1. The van der Waals surface area contributed by atoms with Crippen LogP contribution in [0.2, 0.25) is 5.28 Å². The Balaban J connectivity index is 0.00000464. The summed E-state index contributed by atoms with van der Waals surface area (Å²) >= 11 is 6.58. The number of esters is 2. The van der Waals surface area contributed by atoms with Crippen molar-refractivity contribution in [1.82, 2.24) is 24.1 Å². The number of benzene rings is 3. The fraction of sp³-hybridized carbons (Fsp3) is 0.282. The van der Waals surface area contributed by atoms with E-state index in [1.54, 1.807) is 35.2 Å². The number of rotatable bonds is 11. The molecule has 0 radical (unpaired) electrons. The van der Waals surface area contributed by atoms with Gasteiger partial charge in [0, 0.05) is 12.8 Å². The Kier molecular flexibility index (Phi) is 11.7. The van der Waals surface area contributed by atoms with Crippen LogP contribution in [0.15, 0.2) is 97.6 Å². The number of carbonyl (C=O) groups excluding carboxylic acids is 2. The third kappa shape index (κ3) is 8.03. The molecule has 0 saturated carbocycles. The van der Waals surface area contributed by atoms with Gasteiger partial charge in [0.25, 0.3) is 0 Å². The van der Waals surface area contributed by atoms with Gasteiger partial charge in [0.15, 0.2) is 11.2 Å². The predicted molar refractivity (Wildman–Crippen MR) is 190 cm³/mol. The smallest absolute Gasteiger partial charge is 0.338 e. The number of carbonyl (C=O) groups is 2. The van der Waals surface area contributed by atoms with Crippen molar-refractivity contribution in [3.05, 3.63) is 137 Å². The number of aromatic nitrogens is 6. The molecule has 4 heterocycles. The molecular formula is C39H38ClIN6O5. The maximum Gasteiger partial charge on any atom is 0.338 e. The number of fused-ring (bicyclic) bond motifs is 1. The van der Waals surface area contributed by atoms with Crippen LogP contribution in [0, 0.1) is 13.8 Å². The van der Waals surface area contributed by atoms with Crippen LogP contribution < -0.4 is 28.5 Å². The summed E-state index contributed by atoms with van der Waals surface area (Å²) in [6.07, 6.45) is 5.46. The molecule has 11 nitrogen and oxygen atoms in total. The number of hydrogen-bond donors (Lipinski definition) is 0. The summed E-state index contributed by atoms with van der Waals surface area (Å²) in [5.41, 5.74) is 5.06. The van der Waals surface area contributed by atoms with Gasteiger partial charge < -0.3 is 38.2 Å². The van der Waals surface area contributed by atoms with Gasteiger partial charge in [-0.25, -0.2) is 19.1 Å². The van der Waals surface area contributed by atoms with E-state index in [-0.39, 0.29) is 42.3 Å². The van der Waals surface area contributed by atoms with Crippen LogP contribution in [0.4, 0.5) is 0 Å². The molecule has 268 valence electrons. The maximum absolute atomic E-state index is 13.3. The van der Waals surface area contributed by atoms with Gasteiger partial charge in [-0.2, -0.15) is 4.98 Å². The quantitative estimate of drug-likeness (QED) is 0.0844. The van der Waals surface area contributed by atoms with E-state index in [1.165, 1.54) is 5.56 Å². The van der Waals surface area contributed by atoms with Gasteiger partial charge in [0.1, 0.15) is 31.2 Å². The molecule has 3 atom stereocenters. The van der Waals surface area contributed by atoms with Crippen LogP contribution >= 0.6 is 11.6 Å². The zero-order chi connectivity index (χ0) is 35.5. The van der Waals surface area contributed by atoms with Crippen molar-refractivity contribution in [3.8, 4) is 5.82 Å². The summed E-state index contributed by atoms with van der Waals surface area (Å²) in [6, 6.07) is 24.5. The summed E-state index contributed by atoms with van der Waals surface area (Å²) in [4.78, 5) is 40.1. The van der Waals surface area contributed by atoms with Crippen molar-refractivity contribution in [1.29, 1.82) is 0 Å². The topological polar surface area (TPSA) is 114 Å². The standard InChI is InChI=1S/C39H38ClN6O5.HI/c1-4-8-32-44(22-27-9-6-5-7-10-27)19-20-45(32)35-34-36(43-39(40)42-35)46(24-41-34)33-21-30(51-38(48)29-17-13-26(3)14-18-29)31(50-33)23-49-37(47)28-15-11-25(2)12-16-28;/h5-7,9-20,24,30-31,33H,4,8,21-23H2,1-3H3;1H/q+1;/p-1/t30-,31+,33+;/m0./s1. The highest BCUT2D eigenvalue weighted by atomic mass is 127. The first-order valence-corrected chi connectivity index (χ1v) is 17.4. The SMILES string of the molecule is CCCc1n(Cc2ccccc2)cc[n+]1-c1nc(Cl)nc2c1ncn2[C@H]1C[C@H](OC(=O)c2ccc(C)cc2)[C@@H](COC(=O)c2ccc(C)cc2)O1.[I-]. The molecule has 1 saturated heterocycles. The van der Waals surface area contributed by atoms with Gasteiger partial charge in [-0.1, -0.05) is 77.6 Å². The van der Waals surface area contributed by atoms with Crippen LogP contribution in [0.25, 0.3) is 17.0 Å². The lowest BCUT2D eigenvalue weighted by atomic mass is 10.1. The number of aryl methyl sites for hydroxylation is 2. The summed E-state index contributed by atoms with van der Waals surface area (Å²) in [6.45, 7) is 6.60. The van der Waals surface area contributed by atoms with E-state index in [9.17, 15) is 9.59 Å². The largest absolute Gasteiger partial charge is 1.00 e. The molecule has 0 spiro atoms. The van der Waals surface area contributed by atoms with Crippen molar-refractivity contribution in [2.45, 2.75) is 65.0 Å². The zero-order valence-corrected chi connectivity index (χ0v) is 31.9. The second-order valence-corrected chi connectivity index (χ2v) is 13.1. The molecule has 52 heavy (non-hydrogen) atoms. The molecule has 3 aromatic carbocycles.